The molecular weight excluding hydrogens is 891 g/mol. The van der Waals surface area contributed by atoms with E-state index in [4.69, 9.17) is 42.9 Å². The van der Waals surface area contributed by atoms with Crippen LogP contribution in [0.15, 0.2) is 66.7 Å². The summed E-state index contributed by atoms with van der Waals surface area (Å²) in [5.41, 5.74) is 5.83. The first kappa shape index (κ1) is 39.0. The van der Waals surface area contributed by atoms with E-state index in [1.54, 1.807) is 22.7 Å². The molecule has 0 amide bonds. The van der Waals surface area contributed by atoms with Crippen molar-refractivity contribution in [2.24, 2.45) is 0 Å². The molecule has 0 fully saturated rings. The fourth-order valence-corrected chi connectivity index (χ4v) is 12.6. The van der Waals surface area contributed by atoms with Crippen LogP contribution in [0.3, 0.4) is 0 Å². The molecule has 64 heavy (non-hydrogen) atoms. The number of carbonyl (C=O) groups is 2. The number of rotatable bonds is 7. The van der Waals surface area contributed by atoms with Crippen LogP contribution < -0.4 is 56.0 Å². The lowest BCUT2D eigenvalue weighted by molar-refractivity contribution is 0.110. The second kappa shape index (κ2) is 16.2. The van der Waals surface area contributed by atoms with Crippen molar-refractivity contribution in [2.45, 2.75) is 0 Å². The number of benzene rings is 3. The number of hydrogen-bond donors (Lipinski definition) is 0. The summed E-state index contributed by atoms with van der Waals surface area (Å²) < 4.78 is 52.0. The molecule has 3 aromatic carbocycles. The first-order chi connectivity index (χ1) is 31.6. The highest BCUT2D eigenvalue weighted by atomic mass is 32.1. The van der Waals surface area contributed by atoms with Crippen LogP contribution >= 0.6 is 45.3 Å². The molecule has 0 saturated carbocycles. The molecule has 0 aliphatic carbocycles. The van der Waals surface area contributed by atoms with E-state index in [-0.39, 0.29) is 0 Å². The smallest absolute Gasteiger partial charge is 0.183 e. The van der Waals surface area contributed by atoms with Gasteiger partial charge in [0, 0.05) is 16.3 Å². The van der Waals surface area contributed by atoms with Crippen LogP contribution in [0.25, 0.3) is 57.2 Å². The third-order valence-electron chi connectivity index (χ3n) is 11.0. The number of aldehydes is 2. The molecule has 0 N–H and O–H groups in total. The monoisotopic (exact) mass is 923 g/mol. The number of pyridine rings is 1. The summed E-state index contributed by atoms with van der Waals surface area (Å²) in [6, 6.07) is 23.1. The maximum absolute atomic E-state index is 11.9. The largest absolute Gasteiger partial charge is 0.485 e. The van der Waals surface area contributed by atoms with Crippen molar-refractivity contribution in [3.05, 3.63) is 115 Å². The lowest BCUT2D eigenvalue weighted by Gasteiger charge is -2.16. The first-order valence-electron chi connectivity index (χ1n) is 20.5. The summed E-state index contributed by atoms with van der Waals surface area (Å²) in [6.45, 7) is 3.36. The third-order valence-corrected chi connectivity index (χ3v) is 15.2. The second-order valence-electron chi connectivity index (χ2n) is 15.0. The average molecular weight is 924 g/mol. The van der Waals surface area contributed by atoms with Crippen LogP contribution in [0.5, 0.6) is 46.0 Å². The van der Waals surface area contributed by atoms with E-state index in [0.29, 0.717) is 109 Å². The van der Waals surface area contributed by atoms with E-state index in [1.807, 2.05) is 18.2 Å². The van der Waals surface area contributed by atoms with Crippen LogP contribution in [-0.4, -0.2) is 70.4 Å². The van der Waals surface area contributed by atoms with Gasteiger partial charge in [-0.05, 0) is 65.3 Å². The zero-order valence-electron chi connectivity index (χ0n) is 33.6. The molecule has 4 aliphatic rings. The Labute approximate surface area is 379 Å². The van der Waals surface area contributed by atoms with E-state index >= 15 is 0 Å². The minimum absolute atomic E-state index is 0.399. The molecule has 0 bridgehead atoms. The van der Waals surface area contributed by atoms with Crippen LogP contribution in [0.4, 0.5) is 0 Å². The lowest BCUT2D eigenvalue weighted by Crippen LogP contribution is -2.19. The maximum Gasteiger partial charge on any atom is 0.183 e. The Bertz CT molecular complexity index is 3270. The lowest BCUT2D eigenvalue weighted by atomic mass is 9.94. The van der Waals surface area contributed by atoms with Gasteiger partial charge in [0.05, 0.1) is 38.9 Å². The Morgan fingerprint density at radius 2 is 0.781 bits per heavy atom. The summed E-state index contributed by atoms with van der Waals surface area (Å²) >= 11 is 5.79. The van der Waals surface area contributed by atoms with Crippen molar-refractivity contribution in [1.82, 2.24) is 4.98 Å². The van der Waals surface area contributed by atoms with Crippen LogP contribution in [0, 0.1) is 0 Å². The number of nitrogens with zero attached hydrogens (tertiary/aromatic N) is 1. The molecule has 0 saturated heterocycles. The van der Waals surface area contributed by atoms with Crippen molar-refractivity contribution in [2.75, 3.05) is 52.9 Å². The van der Waals surface area contributed by atoms with Gasteiger partial charge in [-0.25, -0.2) is 4.98 Å². The standard InChI is InChI=1S/C49H33NO10S4/c51-24-39-48-46(57-14-16-59-48)37(63-39)22-35-44-42(53-10-12-55-44)33(61-35)20-26-6-8-31-29(18-26)41(28-4-2-1-3-5-28)30-19-27(7-9-32(30)50-31)21-34-43-45(56-13-11-54-43)36(62-34)23-38-47-49(40(25-52)64-38)60-17-15-58-47/h1-9,18-25H,10-17H2/b33-20-,34-21-,35-22-,36-23-. The number of thiophene rings is 4. The fourth-order valence-electron chi connectivity index (χ4n) is 8.32. The zero-order chi connectivity index (χ0) is 42.7. The molecule has 0 radical (unpaired) electrons. The number of carbonyl (C=O) groups excluding carboxylic acids is 2. The van der Waals surface area contributed by atoms with E-state index in [2.05, 4.69) is 72.8 Å². The minimum Gasteiger partial charge on any atom is -0.485 e. The van der Waals surface area contributed by atoms with Gasteiger partial charge in [-0.2, -0.15) is 0 Å². The Balaban J connectivity index is 0.995. The van der Waals surface area contributed by atoms with Crippen molar-refractivity contribution in [3.63, 3.8) is 0 Å². The van der Waals surface area contributed by atoms with Gasteiger partial charge in [-0.1, -0.05) is 42.5 Å². The molecule has 15 heteroatoms. The topological polar surface area (TPSA) is 121 Å². The van der Waals surface area contributed by atoms with E-state index in [9.17, 15) is 9.59 Å². The van der Waals surface area contributed by atoms with Gasteiger partial charge < -0.3 is 37.9 Å². The Morgan fingerprint density at radius 1 is 0.406 bits per heavy atom. The molecule has 11 nitrogen and oxygen atoms in total. The van der Waals surface area contributed by atoms with E-state index in [1.165, 1.54) is 22.7 Å². The van der Waals surface area contributed by atoms with Crippen molar-refractivity contribution < 1.29 is 47.5 Å². The number of hydrogen-bond acceptors (Lipinski definition) is 15. The molecule has 5 aromatic heterocycles. The highest BCUT2D eigenvalue weighted by Gasteiger charge is 2.27. The fraction of sp³-hybridized carbons (Fsp3) is 0.163. The van der Waals surface area contributed by atoms with Gasteiger partial charge in [-0.15, -0.1) is 45.3 Å². The Morgan fingerprint density at radius 3 is 1.19 bits per heavy atom. The van der Waals surface area contributed by atoms with E-state index < -0.39 is 0 Å². The molecule has 9 heterocycles. The molecular formula is C49H33NO10S4. The average Bonchev–Trinajstić information content (AvgIpc) is 4.09. The van der Waals surface area contributed by atoms with Crippen molar-refractivity contribution >= 4 is 104 Å². The third kappa shape index (κ3) is 6.77. The summed E-state index contributed by atoms with van der Waals surface area (Å²) in [7, 11) is 0. The molecule has 0 unspecified atom stereocenters. The first-order valence-corrected chi connectivity index (χ1v) is 23.8. The Kier molecular flexibility index (Phi) is 9.84. The highest BCUT2D eigenvalue weighted by molar-refractivity contribution is 7.16. The van der Waals surface area contributed by atoms with Gasteiger partial charge in [0.25, 0.3) is 0 Å². The predicted octanol–water partition coefficient (Wildman–Crippen LogP) is 7.33. The molecule has 4 aliphatic heterocycles. The number of ether oxygens (including phenoxy) is 8. The summed E-state index contributed by atoms with van der Waals surface area (Å²) in [5.74, 6) is 4.88. The highest BCUT2D eigenvalue weighted by Crippen LogP contribution is 2.45. The number of aromatic nitrogens is 1. The van der Waals surface area contributed by atoms with Gasteiger partial charge in [0.2, 0.25) is 0 Å². The summed E-state index contributed by atoms with van der Waals surface area (Å²) in [4.78, 5) is 31.5. The minimum atomic E-state index is 0.399. The van der Waals surface area contributed by atoms with E-state index in [0.717, 1.165) is 84.5 Å². The molecule has 12 rings (SSSR count). The molecule has 8 aromatic rings. The van der Waals surface area contributed by atoms with Crippen LogP contribution in [0.2, 0.25) is 0 Å². The van der Waals surface area contributed by atoms with Crippen molar-refractivity contribution in [3.8, 4) is 57.1 Å². The molecule has 0 atom stereocenters. The van der Waals surface area contributed by atoms with Crippen LogP contribution in [0.1, 0.15) is 40.2 Å². The molecule has 0 spiro atoms. The van der Waals surface area contributed by atoms with Gasteiger partial charge in [0.15, 0.2) is 58.6 Å². The number of fused-ring (bicyclic) bond motifs is 6. The van der Waals surface area contributed by atoms with Gasteiger partial charge >= 0.3 is 0 Å². The quantitative estimate of drug-likeness (QED) is 0.118. The second-order valence-corrected chi connectivity index (χ2v) is 19.3. The summed E-state index contributed by atoms with van der Waals surface area (Å²) in [5, 5.41) is 2.01. The SMILES string of the molecule is O=Cc1sc(/C=c2\s/c(=C\c3ccc4nc5ccc(/C=c6\s/c(=C\c7sc(C=O)c8c7OCCO8)c7c6OCCO7)cc5c(-c5ccccc5)c4c3)c3c2OCCO3)c2c1OCCO2. The van der Waals surface area contributed by atoms with Crippen molar-refractivity contribution in [1.29, 1.82) is 0 Å². The Hall–Kier alpha value is -6.65. The van der Waals surface area contributed by atoms with Crippen LogP contribution in [-0.2, 0) is 0 Å². The van der Waals surface area contributed by atoms with Gasteiger partial charge in [0.1, 0.15) is 62.6 Å². The maximum atomic E-state index is 11.9. The zero-order valence-corrected chi connectivity index (χ0v) is 36.9. The molecule has 318 valence electrons. The summed E-state index contributed by atoms with van der Waals surface area (Å²) in [6.07, 6.45) is 9.86. The van der Waals surface area contributed by atoms with Gasteiger partial charge in [-0.3, -0.25) is 9.59 Å². The predicted molar refractivity (Wildman–Crippen MR) is 249 cm³/mol. The normalized spacial score (nSPS) is 16.2.